The van der Waals surface area contributed by atoms with Gasteiger partial charge in [0, 0.05) is 22.5 Å². The van der Waals surface area contributed by atoms with Gasteiger partial charge in [0.25, 0.3) is 0 Å². The molecule has 0 aliphatic heterocycles. The first kappa shape index (κ1) is 16.0. The van der Waals surface area contributed by atoms with Crippen LogP contribution in [0.25, 0.3) is 11.6 Å². The molecule has 0 amide bonds. The summed E-state index contributed by atoms with van der Waals surface area (Å²) in [6.45, 7) is 7.64. The van der Waals surface area contributed by atoms with E-state index in [-0.39, 0.29) is 5.97 Å². The van der Waals surface area contributed by atoms with Gasteiger partial charge in [-0.3, -0.25) is 0 Å². The number of nitrogens with zero attached hydrogens (tertiary/aromatic N) is 2. The fraction of sp³-hybridized carbons (Fsp3) is 0.312. The van der Waals surface area contributed by atoms with Crippen LogP contribution in [0.4, 0.5) is 0 Å². The number of aromatic nitrogens is 2. The third kappa shape index (κ3) is 3.10. The molecule has 0 unspecified atom stereocenters. The van der Waals surface area contributed by atoms with Crippen LogP contribution >= 0.6 is 11.3 Å². The molecule has 114 valence electrons. The second-order valence-corrected chi connectivity index (χ2v) is 5.71. The first-order chi connectivity index (χ1) is 10.5. The largest absolute Gasteiger partial charge is 0.462 e. The average molecular weight is 315 g/mol. The van der Waals surface area contributed by atoms with Crippen LogP contribution in [0.5, 0.6) is 0 Å². The highest BCUT2D eigenvalue weighted by atomic mass is 32.1. The maximum absolute atomic E-state index is 12.0. The van der Waals surface area contributed by atoms with Gasteiger partial charge in [0.15, 0.2) is 0 Å². The number of allylic oxidation sites excluding steroid dienone is 1. The average Bonchev–Trinajstić information content (AvgIpc) is 3.00. The summed E-state index contributed by atoms with van der Waals surface area (Å²) in [6.07, 6.45) is 1.73. The molecule has 0 aliphatic rings. The van der Waals surface area contributed by atoms with E-state index < -0.39 is 0 Å². The number of thiazole rings is 1. The zero-order valence-electron chi connectivity index (χ0n) is 13.0. The molecule has 0 spiro atoms. The molecule has 0 saturated carbocycles. The van der Waals surface area contributed by atoms with Gasteiger partial charge in [0.1, 0.15) is 11.1 Å². The van der Waals surface area contributed by atoms with Crippen molar-refractivity contribution >= 4 is 29.0 Å². The number of carbonyl (C=O) groups excluding carboxylic acids is 1. The molecule has 2 aromatic heterocycles. The lowest BCUT2D eigenvalue weighted by atomic mass is 10.1. The smallest absolute Gasteiger partial charge is 0.340 e. The minimum atomic E-state index is -0.350. The fourth-order valence-corrected chi connectivity index (χ4v) is 2.95. The van der Waals surface area contributed by atoms with Gasteiger partial charge in [-0.25, -0.2) is 9.78 Å². The van der Waals surface area contributed by atoms with Gasteiger partial charge in [-0.05, 0) is 39.3 Å². The van der Waals surface area contributed by atoms with E-state index in [4.69, 9.17) is 4.74 Å². The summed E-state index contributed by atoms with van der Waals surface area (Å²) in [6, 6.07) is 2.16. The van der Waals surface area contributed by atoms with E-state index in [2.05, 4.69) is 16.0 Å². The number of hydrogen-bond acceptors (Lipinski definition) is 5. The van der Waals surface area contributed by atoms with Gasteiger partial charge in [-0.1, -0.05) is 0 Å². The summed E-state index contributed by atoms with van der Waals surface area (Å²) < 4.78 is 5.07. The standard InChI is InChI=1S/C16H17N3O2S/c1-5-21-16(20)14-10(3)13(19-11(14)4)6-12(7-17)15-18-9(2)8-22-15/h6,8,19H,5H2,1-4H3/b12-6+. The molecule has 0 bridgehead atoms. The van der Waals surface area contributed by atoms with E-state index in [1.165, 1.54) is 11.3 Å². The quantitative estimate of drug-likeness (QED) is 0.690. The second-order valence-electron chi connectivity index (χ2n) is 4.85. The van der Waals surface area contributed by atoms with Crippen LogP contribution in [0.1, 0.15) is 44.9 Å². The van der Waals surface area contributed by atoms with Crippen molar-refractivity contribution in [1.82, 2.24) is 9.97 Å². The monoisotopic (exact) mass is 315 g/mol. The molecule has 22 heavy (non-hydrogen) atoms. The zero-order valence-corrected chi connectivity index (χ0v) is 13.8. The summed E-state index contributed by atoms with van der Waals surface area (Å²) in [5.41, 5.74) is 4.11. The zero-order chi connectivity index (χ0) is 16.3. The number of carbonyl (C=O) groups is 1. The summed E-state index contributed by atoms with van der Waals surface area (Å²) in [7, 11) is 0. The number of aromatic amines is 1. The van der Waals surface area contributed by atoms with Crippen molar-refractivity contribution in [3.8, 4) is 6.07 Å². The first-order valence-electron chi connectivity index (χ1n) is 6.88. The van der Waals surface area contributed by atoms with E-state index in [0.717, 1.165) is 22.6 Å². The highest BCUT2D eigenvalue weighted by Gasteiger charge is 2.19. The Bertz CT molecular complexity index is 778. The lowest BCUT2D eigenvalue weighted by Crippen LogP contribution is -2.06. The Kier molecular flexibility index (Phi) is 4.78. The van der Waals surface area contributed by atoms with Crippen molar-refractivity contribution in [3.05, 3.63) is 38.6 Å². The minimum absolute atomic E-state index is 0.329. The second kappa shape index (κ2) is 6.58. The topological polar surface area (TPSA) is 78.8 Å². The molecule has 1 N–H and O–H groups in total. The lowest BCUT2D eigenvalue weighted by molar-refractivity contribution is 0.0525. The Balaban J connectivity index is 2.45. The third-order valence-electron chi connectivity index (χ3n) is 3.21. The Morgan fingerprint density at radius 2 is 2.23 bits per heavy atom. The van der Waals surface area contributed by atoms with Gasteiger partial charge < -0.3 is 9.72 Å². The molecule has 6 heteroatoms. The molecular weight excluding hydrogens is 298 g/mol. The van der Waals surface area contributed by atoms with Crippen molar-refractivity contribution in [1.29, 1.82) is 5.26 Å². The van der Waals surface area contributed by atoms with E-state index in [0.29, 0.717) is 22.8 Å². The third-order valence-corrected chi connectivity index (χ3v) is 4.21. The molecule has 0 atom stereocenters. The van der Waals surface area contributed by atoms with Gasteiger partial charge in [-0.15, -0.1) is 11.3 Å². The van der Waals surface area contributed by atoms with Crippen LogP contribution in [0.3, 0.4) is 0 Å². The molecule has 2 heterocycles. The molecule has 0 aromatic carbocycles. The molecule has 2 rings (SSSR count). The number of rotatable bonds is 4. The number of esters is 1. The van der Waals surface area contributed by atoms with Crippen LogP contribution in [-0.2, 0) is 4.74 Å². The van der Waals surface area contributed by atoms with Crippen LogP contribution in [0.2, 0.25) is 0 Å². The highest BCUT2D eigenvalue weighted by Crippen LogP contribution is 2.25. The number of ether oxygens (including phenoxy) is 1. The molecule has 0 radical (unpaired) electrons. The van der Waals surface area contributed by atoms with E-state index in [9.17, 15) is 10.1 Å². The van der Waals surface area contributed by atoms with Gasteiger partial charge in [-0.2, -0.15) is 5.26 Å². The molecular formula is C16H17N3O2S. The van der Waals surface area contributed by atoms with Crippen LogP contribution in [0.15, 0.2) is 5.38 Å². The van der Waals surface area contributed by atoms with Crippen LogP contribution < -0.4 is 0 Å². The van der Waals surface area contributed by atoms with Crippen LogP contribution in [0, 0.1) is 32.1 Å². The van der Waals surface area contributed by atoms with E-state index >= 15 is 0 Å². The highest BCUT2D eigenvalue weighted by molar-refractivity contribution is 7.11. The predicted molar refractivity (Wildman–Crippen MR) is 86.6 cm³/mol. The van der Waals surface area contributed by atoms with Crippen molar-refractivity contribution in [3.63, 3.8) is 0 Å². The Labute approximate surface area is 133 Å². The van der Waals surface area contributed by atoms with E-state index in [1.807, 2.05) is 26.2 Å². The van der Waals surface area contributed by atoms with Crippen LogP contribution in [-0.4, -0.2) is 22.5 Å². The van der Waals surface area contributed by atoms with Gasteiger partial charge in [0.05, 0.1) is 17.7 Å². The Morgan fingerprint density at radius 3 is 2.77 bits per heavy atom. The Hall–Kier alpha value is -2.39. The maximum atomic E-state index is 12.0. The van der Waals surface area contributed by atoms with E-state index in [1.54, 1.807) is 13.0 Å². The normalized spacial score (nSPS) is 11.3. The molecule has 5 nitrogen and oxygen atoms in total. The van der Waals surface area contributed by atoms with Crippen molar-refractivity contribution in [2.75, 3.05) is 6.61 Å². The number of aryl methyl sites for hydroxylation is 2. The predicted octanol–water partition coefficient (Wildman–Crippen LogP) is 3.64. The molecule has 0 aliphatic carbocycles. The minimum Gasteiger partial charge on any atom is -0.462 e. The van der Waals surface area contributed by atoms with Gasteiger partial charge >= 0.3 is 5.97 Å². The van der Waals surface area contributed by atoms with Crippen molar-refractivity contribution in [2.45, 2.75) is 27.7 Å². The summed E-state index contributed by atoms with van der Waals surface area (Å²) in [5.74, 6) is -0.350. The molecule has 0 fully saturated rings. The Morgan fingerprint density at radius 1 is 1.50 bits per heavy atom. The summed E-state index contributed by atoms with van der Waals surface area (Å²) in [4.78, 5) is 19.5. The number of hydrogen-bond donors (Lipinski definition) is 1. The van der Waals surface area contributed by atoms with Crippen molar-refractivity contribution in [2.24, 2.45) is 0 Å². The maximum Gasteiger partial charge on any atom is 0.340 e. The summed E-state index contributed by atoms with van der Waals surface area (Å²) >= 11 is 1.43. The summed E-state index contributed by atoms with van der Waals surface area (Å²) in [5, 5.41) is 11.9. The van der Waals surface area contributed by atoms with Crippen molar-refractivity contribution < 1.29 is 9.53 Å². The molecule has 0 saturated heterocycles. The number of nitrogens with one attached hydrogen (secondary N) is 1. The molecule has 2 aromatic rings. The number of H-pyrrole nitrogens is 1. The SMILES string of the molecule is CCOC(=O)c1c(C)[nH]c(/C=C(\C#N)c2nc(C)cs2)c1C. The van der Waals surface area contributed by atoms with Gasteiger partial charge in [0.2, 0.25) is 0 Å². The number of nitriles is 1. The fourth-order valence-electron chi connectivity index (χ4n) is 2.19. The lowest BCUT2D eigenvalue weighted by Gasteiger charge is -2.02. The first-order valence-corrected chi connectivity index (χ1v) is 7.76.